The Morgan fingerprint density at radius 1 is 1.12 bits per heavy atom. The van der Waals surface area contributed by atoms with Crippen LogP contribution in [0, 0.1) is 24.0 Å². The number of aryl methyl sites for hydroxylation is 1. The predicted molar refractivity (Wildman–Crippen MR) is 131 cm³/mol. The first-order chi connectivity index (χ1) is 16.4. The van der Waals surface area contributed by atoms with Gasteiger partial charge in [-0.05, 0) is 63.1 Å². The highest BCUT2D eigenvalue weighted by Gasteiger charge is 2.17. The second-order valence-corrected chi connectivity index (χ2v) is 8.22. The maximum Gasteiger partial charge on any atom is 0.273 e. The minimum Gasteiger partial charge on any atom is -0.494 e. The number of amides is 1. The van der Waals surface area contributed by atoms with Crippen LogP contribution < -0.4 is 15.1 Å². The molecular formula is C25H27N5O4. The number of rotatable bonds is 7. The zero-order valence-corrected chi connectivity index (χ0v) is 19.4. The van der Waals surface area contributed by atoms with E-state index in [2.05, 4.69) is 15.4 Å². The van der Waals surface area contributed by atoms with Crippen molar-refractivity contribution in [1.82, 2.24) is 9.99 Å². The van der Waals surface area contributed by atoms with Crippen LogP contribution in [0.4, 0.5) is 11.4 Å². The molecule has 2 heterocycles. The molecule has 9 heteroatoms. The number of anilines is 1. The minimum atomic E-state index is -0.456. The van der Waals surface area contributed by atoms with Gasteiger partial charge in [0.2, 0.25) is 0 Å². The number of carbonyl (C=O) groups excluding carboxylic acids is 1. The molecule has 0 radical (unpaired) electrons. The topological polar surface area (TPSA) is 102 Å². The van der Waals surface area contributed by atoms with Crippen molar-refractivity contribution in [2.75, 3.05) is 25.1 Å². The van der Waals surface area contributed by atoms with Crippen LogP contribution in [0.25, 0.3) is 5.69 Å². The number of nitro groups is 1. The van der Waals surface area contributed by atoms with Gasteiger partial charge in [0, 0.05) is 47.4 Å². The first kappa shape index (κ1) is 23.0. The zero-order valence-electron chi connectivity index (χ0n) is 19.4. The van der Waals surface area contributed by atoms with Gasteiger partial charge >= 0.3 is 0 Å². The van der Waals surface area contributed by atoms with Gasteiger partial charge in [-0.25, -0.2) is 5.43 Å². The van der Waals surface area contributed by atoms with Gasteiger partial charge in [0.1, 0.15) is 5.75 Å². The lowest BCUT2D eigenvalue weighted by molar-refractivity contribution is -0.384. The van der Waals surface area contributed by atoms with Gasteiger partial charge in [-0.3, -0.25) is 14.9 Å². The van der Waals surface area contributed by atoms with Crippen molar-refractivity contribution in [2.24, 2.45) is 5.10 Å². The summed E-state index contributed by atoms with van der Waals surface area (Å²) in [6, 6.07) is 14.0. The molecule has 0 atom stereocenters. The normalized spacial score (nSPS) is 13.4. The number of hydrogen-bond acceptors (Lipinski definition) is 6. The van der Waals surface area contributed by atoms with E-state index in [9.17, 15) is 14.9 Å². The Labute approximate surface area is 197 Å². The van der Waals surface area contributed by atoms with E-state index in [0.29, 0.717) is 17.0 Å². The molecule has 0 spiro atoms. The monoisotopic (exact) mass is 461 g/mol. The summed E-state index contributed by atoms with van der Waals surface area (Å²) in [6.45, 7) is 5.94. The fourth-order valence-electron chi connectivity index (χ4n) is 4.28. The number of methoxy groups -OCH3 is 1. The third-order valence-electron chi connectivity index (χ3n) is 6.06. The molecule has 9 nitrogen and oxygen atoms in total. The van der Waals surface area contributed by atoms with Crippen molar-refractivity contribution in [3.05, 3.63) is 81.2 Å². The average molecular weight is 462 g/mol. The van der Waals surface area contributed by atoms with Crippen molar-refractivity contribution < 1.29 is 14.5 Å². The number of aromatic nitrogens is 1. The standard InChI is InChI=1S/C25H27N5O4/c1-17-14-20(18(2)29(17)23-11-10-22(30(32)33)15-24(23)34-3)16-26-27-25(31)19-6-8-21(9-7-19)28-12-4-5-13-28/h6-11,14-16H,4-5,12-13H2,1-3H3,(H,27,31)/b26-16-. The van der Waals surface area contributed by atoms with Gasteiger partial charge in [-0.15, -0.1) is 0 Å². The van der Waals surface area contributed by atoms with Gasteiger partial charge in [-0.1, -0.05) is 0 Å². The predicted octanol–water partition coefficient (Wildman–Crippen LogP) is 4.38. The summed E-state index contributed by atoms with van der Waals surface area (Å²) in [5.41, 5.74) is 7.47. The van der Waals surface area contributed by atoms with E-state index >= 15 is 0 Å². The largest absolute Gasteiger partial charge is 0.494 e. The Hall–Kier alpha value is -4.14. The van der Waals surface area contributed by atoms with E-state index in [1.807, 2.05) is 48.7 Å². The number of ether oxygens (including phenoxy) is 1. The third-order valence-corrected chi connectivity index (χ3v) is 6.06. The fraction of sp³-hybridized carbons (Fsp3) is 0.280. The van der Waals surface area contributed by atoms with Crippen LogP contribution in [0.2, 0.25) is 0 Å². The zero-order chi connectivity index (χ0) is 24.2. The summed E-state index contributed by atoms with van der Waals surface area (Å²) in [5, 5.41) is 15.2. The van der Waals surface area contributed by atoms with E-state index in [0.717, 1.165) is 35.7 Å². The van der Waals surface area contributed by atoms with E-state index in [1.165, 1.54) is 32.1 Å². The molecule has 1 saturated heterocycles. The Kier molecular flexibility index (Phi) is 6.62. The summed E-state index contributed by atoms with van der Waals surface area (Å²) in [5.74, 6) is 0.111. The number of hydrogen-bond donors (Lipinski definition) is 1. The molecule has 1 amide bonds. The van der Waals surface area contributed by atoms with Crippen molar-refractivity contribution in [1.29, 1.82) is 0 Å². The molecule has 0 unspecified atom stereocenters. The van der Waals surface area contributed by atoms with Crippen molar-refractivity contribution in [3.8, 4) is 11.4 Å². The van der Waals surface area contributed by atoms with Gasteiger partial charge in [0.15, 0.2) is 0 Å². The van der Waals surface area contributed by atoms with Crippen LogP contribution in [-0.4, -0.2) is 41.8 Å². The number of nitro benzene ring substituents is 1. The first-order valence-electron chi connectivity index (χ1n) is 11.1. The Bertz CT molecular complexity index is 1240. The van der Waals surface area contributed by atoms with Crippen LogP contribution in [0.15, 0.2) is 53.6 Å². The SMILES string of the molecule is COc1cc([N+](=O)[O-])ccc1-n1c(C)cc(/C=N\NC(=O)c2ccc(N3CCCC3)cc2)c1C. The Morgan fingerprint density at radius 2 is 1.82 bits per heavy atom. The molecule has 1 N–H and O–H groups in total. The molecule has 1 fully saturated rings. The lowest BCUT2D eigenvalue weighted by Gasteiger charge is -2.17. The molecular weight excluding hydrogens is 434 g/mol. The van der Waals surface area contributed by atoms with Crippen LogP contribution in [-0.2, 0) is 0 Å². The maximum atomic E-state index is 12.5. The number of nitrogens with zero attached hydrogens (tertiary/aromatic N) is 4. The van der Waals surface area contributed by atoms with Crippen LogP contribution in [0.5, 0.6) is 5.75 Å². The van der Waals surface area contributed by atoms with E-state index in [-0.39, 0.29) is 11.6 Å². The summed E-state index contributed by atoms with van der Waals surface area (Å²) < 4.78 is 7.33. The Balaban J connectivity index is 1.49. The van der Waals surface area contributed by atoms with Gasteiger partial charge in [0.05, 0.1) is 30.0 Å². The summed E-state index contributed by atoms with van der Waals surface area (Å²) in [4.78, 5) is 25.5. The number of benzene rings is 2. The molecule has 0 bridgehead atoms. The second kappa shape index (κ2) is 9.78. The number of hydrazone groups is 1. The quantitative estimate of drug-likeness (QED) is 0.320. The molecule has 176 valence electrons. The van der Waals surface area contributed by atoms with E-state index in [4.69, 9.17) is 4.74 Å². The highest BCUT2D eigenvalue weighted by atomic mass is 16.6. The second-order valence-electron chi connectivity index (χ2n) is 8.22. The molecule has 3 aromatic rings. The Morgan fingerprint density at radius 3 is 2.47 bits per heavy atom. The highest BCUT2D eigenvalue weighted by Crippen LogP contribution is 2.31. The fourth-order valence-corrected chi connectivity index (χ4v) is 4.28. The summed E-state index contributed by atoms with van der Waals surface area (Å²) in [7, 11) is 1.48. The van der Waals surface area contributed by atoms with Crippen molar-refractivity contribution in [3.63, 3.8) is 0 Å². The van der Waals surface area contributed by atoms with Gasteiger partial charge in [-0.2, -0.15) is 5.10 Å². The minimum absolute atomic E-state index is 0.0407. The van der Waals surface area contributed by atoms with Crippen LogP contribution in [0.3, 0.4) is 0 Å². The first-order valence-corrected chi connectivity index (χ1v) is 11.1. The molecule has 1 aliphatic rings. The molecule has 1 aromatic heterocycles. The van der Waals surface area contributed by atoms with Crippen LogP contribution >= 0.6 is 0 Å². The molecule has 4 rings (SSSR count). The van der Waals surface area contributed by atoms with Crippen LogP contribution in [0.1, 0.15) is 40.2 Å². The lowest BCUT2D eigenvalue weighted by Crippen LogP contribution is -2.19. The number of nitrogens with one attached hydrogen (secondary N) is 1. The molecule has 0 aliphatic carbocycles. The van der Waals surface area contributed by atoms with Crippen molar-refractivity contribution >= 4 is 23.5 Å². The average Bonchev–Trinajstić information content (AvgIpc) is 3.47. The summed E-state index contributed by atoms with van der Waals surface area (Å²) >= 11 is 0. The third kappa shape index (κ3) is 4.63. The molecule has 34 heavy (non-hydrogen) atoms. The molecule has 1 aliphatic heterocycles. The number of non-ortho nitro benzene ring substituents is 1. The van der Waals surface area contributed by atoms with Gasteiger partial charge < -0.3 is 14.2 Å². The highest BCUT2D eigenvalue weighted by molar-refractivity contribution is 5.95. The summed E-state index contributed by atoms with van der Waals surface area (Å²) in [6.07, 6.45) is 4.00. The van der Waals surface area contributed by atoms with E-state index < -0.39 is 4.92 Å². The number of carbonyl (C=O) groups is 1. The van der Waals surface area contributed by atoms with Gasteiger partial charge in [0.25, 0.3) is 11.6 Å². The lowest BCUT2D eigenvalue weighted by atomic mass is 10.2. The van der Waals surface area contributed by atoms with E-state index in [1.54, 1.807) is 12.3 Å². The molecule has 2 aromatic carbocycles. The van der Waals surface area contributed by atoms with Crippen molar-refractivity contribution in [2.45, 2.75) is 26.7 Å². The smallest absolute Gasteiger partial charge is 0.273 e. The maximum absolute atomic E-state index is 12.5. The molecule has 0 saturated carbocycles.